The topological polar surface area (TPSA) is 94.6 Å². The van der Waals surface area contributed by atoms with Gasteiger partial charge in [0, 0.05) is 5.39 Å². The Hall–Kier alpha value is -3.28. The van der Waals surface area contributed by atoms with Crippen LogP contribution in [0.1, 0.15) is 20.9 Å². The fraction of sp³-hybridized carbons (Fsp3) is 0.0588. The number of benzene rings is 2. The predicted molar refractivity (Wildman–Crippen MR) is 85.7 cm³/mol. The molecule has 0 aliphatic heterocycles. The summed E-state index contributed by atoms with van der Waals surface area (Å²) in [6.45, 7) is 0. The second-order valence-electron chi connectivity index (χ2n) is 4.85. The Kier molecular flexibility index (Phi) is 3.72. The maximum absolute atomic E-state index is 12.4. The Morgan fingerprint density at radius 2 is 1.91 bits per heavy atom. The molecule has 2 aromatic carbocycles. The normalized spacial score (nSPS) is 10.5. The SMILES string of the molecule is COc1cccc2cc(C(=O)Nc3ccccc3C(N)=O)oc12. The fourth-order valence-electron chi connectivity index (χ4n) is 2.30. The van der Waals surface area contributed by atoms with Crippen molar-refractivity contribution in [2.75, 3.05) is 12.4 Å². The molecule has 2 amide bonds. The zero-order valence-electron chi connectivity index (χ0n) is 12.3. The number of anilines is 1. The molecule has 116 valence electrons. The van der Waals surface area contributed by atoms with Crippen LogP contribution in [0.3, 0.4) is 0 Å². The van der Waals surface area contributed by atoms with E-state index >= 15 is 0 Å². The van der Waals surface area contributed by atoms with Gasteiger partial charge in [0.1, 0.15) is 0 Å². The van der Waals surface area contributed by atoms with Crippen molar-refractivity contribution < 1.29 is 18.7 Å². The Morgan fingerprint density at radius 1 is 1.13 bits per heavy atom. The lowest BCUT2D eigenvalue weighted by Gasteiger charge is -2.07. The molecule has 3 N–H and O–H groups in total. The number of carbonyl (C=O) groups is 2. The van der Waals surface area contributed by atoms with Crippen LogP contribution in [0, 0.1) is 0 Å². The van der Waals surface area contributed by atoms with Crippen LogP contribution in [0.15, 0.2) is 52.9 Å². The highest BCUT2D eigenvalue weighted by Gasteiger charge is 2.17. The molecule has 1 aromatic heterocycles. The van der Waals surface area contributed by atoms with Crippen molar-refractivity contribution in [3.63, 3.8) is 0 Å². The van der Waals surface area contributed by atoms with Crippen molar-refractivity contribution in [3.05, 3.63) is 59.9 Å². The molecule has 0 aliphatic rings. The highest BCUT2D eigenvalue weighted by Crippen LogP contribution is 2.29. The molecule has 1 heterocycles. The van der Waals surface area contributed by atoms with Crippen LogP contribution in [-0.2, 0) is 0 Å². The summed E-state index contributed by atoms with van der Waals surface area (Å²) in [5, 5.41) is 3.38. The van der Waals surface area contributed by atoms with Gasteiger partial charge in [-0.15, -0.1) is 0 Å². The minimum absolute atomic E-state index is 0.115. The number of rotatable bonds is 4. The van der Waals surface area contributed by atoms with Crippen molar-refractivity contribution >= 4 is 28.5 Å². The van der Waals surface area contributed by atoms with Gasteiger partial charge in [-0.3, -0.25) is 9.59 Å². The number of ether oxygens (including phenoxy) is 1. The Balaban J connectivity index is 1.94. The van der Waals surface area contributed by atoms with Gasteiger partial charge in [0.25, 0.3) is 11.8 Å². The number of hydrogen-bond acceptors (Lipinski definition) is 4. The third-order valence-corrected chi connectivity index (χ3v) is 3.39. The number of hydrogen-bond donors (Lipinski definition) is 2. The zero-order valence-corrected chi connectivity index (χ0v) is 12.3. The monoisotopic (exact) mass is 310 g/mol. The molecular formula is C17H14N2O4. The first-order chi connectivity index (χ1) is 11.1. The van der Waals surface area contributed by atoms with Gasteiger partial charge in [-0.2, -0.15) is 0 Å². The van der Waals surface area contributed by atoms with Crippen molar-refractivity contribution in [2.24, 2.45) is 5.73 Å². The average Bonchev–Trinajstić information content (AvgIpc) is 2.99. The number of amides is 2. The lowest BCUT2D eigenvalue weighted by molar-refractivity contribution is 0.0998. The quantitative estimate of drug-likeness (QED) is 0.774. The highest BCUT2D eigenvalue weighted by molar-refractivity contribution is 6.09. The molecule has 6 heteroatoms. The third kappa shape index (κ3) is 2.74. The number of furan rings is 1. The van der Waals surface area contributed by atoms with E-state index in [9.17, 15) is 9.59 Å². The number of nitrogens with one attached hydrogen (secondary N) is 1. The van der Waals surface area contributed by atoms with Crippen LogP contribution in [0.4, 0.5) is 5.69 Å². The molecule has 6 nitrogen and oxygen atoms in total. The van der Waals surface area contributed by atoms with Gasteiger partial charge < -0.3 is 20.2 Å². The van der Waals surface area contributed by atoms with E-state index in [1.807, 2.05) is 6.07 Å². The summed E-state index contributed by atoms with van der Waals surface area (Å²) < 4.78 is 10.8. The zero-order chi connectivity index (χ0) is 16.4. The van der Waals surface area contributed by atoms with Crippen LogP contribution in [0.2, 0.25) is 0 Å². The maximum Gasteiger partial charge on any atom is 0.291 e. The first-order valence-electron chi connectivity index (χ1n) is 6.87. The number of carbonyl (C=O) groups excluding carboxylic acids is 2. The summed E-state index contributed by atoms with van der Waals surface area (Å²) in [5.41, 5.74) is 6.35. The van der Waals surface area contributed by atoms with E-state index < -0.39 is 11.8 Å². The molecule has 0 atom stereocenters. The predicted octanol–water partition coefficient (Wildman–Crippen LogP) is 2.79. The first-order valence-corrected chi connectivity index (χ1v) is 6.87. The molecule has 0 fully saturated rings. The Labute approximate surface area is 131 Å². The van der Waals surface area contributed by atoms with Gasteiger partial charge >= 0.3 is 0 Å². The summed E-state index contributed by atoms with van der Waals surface area (Å²) >= 11 is 0. The highest BCUT2D eigenvalue weighted by atomic mass is 16.5. The Morgan fingerprint density at radius 3 is 2.65 bits per heavy atom. The average molecular weight is 310 g/mol. The van der Waals surface area contributed by atoms with E-state index in [0.717, 1.165) is 5.39 Å². The van der Waals surface area contributed by atoms with Crippen LogP contribution in [0.25, 0.3) is 11.0 Å². The molecule has 0 bridgehead atoms. The van der Waals surface area contributed by atoms with Gasteiger partial charge in [-0.05, 0) is 24.3 Å². The van der Waals surface area contributed by atoms with E-state index in [1.165, 1.54) is 7.11 Å². The number of fused-ring (bicyclic) bond motifs is 1. The minimum Gasteiger partial charge on any atom is -0.493 e. The largest absolute Gasteiger partial charge is 0.493 e. The molecule has 3 rings (SSSR count). The van der Waals surface area contributed by atoms with E-state index in [4.69, 9.17) is 14.9 Å². The summed E-state index contributed by atoms with van der Waals surface area (Å²) in [5.74, 6) is -0.438. The molecule has 0 unspecified atom stereocenters. The van der Waals surface area contributed by atoms with Gasteiger partial charge in [0.2, 0.25) is 0 Å². The fourth-order valence-corrected chi connectivity index (χ4v) is 2.30. The molecule has 0 saturated heterocycles. The number of nitrogens with two attached hydrogens (primary N) is 1. The van der Waals surface area contributed by atoms with E-state index in [1.54, 1.807) is 42.5 Å². The molecule has 23 heavy (non-hydrogen) atoms. The first kappa shape index (κ1) is 14.6. The lowest BCUT2D eigenvalue weighted by atomic mass is 10.1. The smallest absolute Gasteiger partial charge is 0.291 e. The number of primary amides is 1. The molecule has 3 aromatic rings. The van der Waals surface area contributed by atoms with E-state index in [-0.39, 0.29) is 11.3 Å². The van der Waals surface area contributed by atoms with Crippen LogP contribution < -0.4 is 15.8 Å². The van der Waals surface area contributed by atoms with Crippen LogP contribution in [-0.4, -0.2) is 18.9 Å². The van der Waals surface area contributed by atoms with Gasteiger partial charge in [-0.1, -0.05) is 24.3 Å². The Bertz CT molecular complexity index is 898. The van der Waals surface area contributed by atoms with Gasteiger partial charge in [-0.25, -0.2) is 0 Å². The van der Waals surface area contributed by atoms with E-state index in [2.05, 4.69) is 5.32 Å². The lowest BCUT2D eigenvalue weighted by Crippen LogP contribution is -2.17. The van der Waals surface area contributed by atoms with Gasteiger partial charge in [0.15, 0.2) is 17.1 Å². The molecule has 0 aliphatic carbocycles. The molecule has 0 saturated carbocycles. The van der Waals surface area contributed by atoms with Crippen molar-refractivity contribution in [2.45, 2.75) is 0 Å². The summed E-state index contributed by atoms with van der Waals surface area (Å²) in [6, 6.07) is 13.5. The molecule has 0 radical (unpaired) electrons. The van der Waals surface area contributed by atoms with Crippen molar-refractivity contribution in [3.8, 4) is 5.75 Å². The third-order valence-electron chi connectivity index (χ3n) is 3.39. The minimum atomic E-state index is -0.618. The molecular weight excluding hydrogens is 296 g/mol. The van der Waals surface area contributed by atoms with Crippen molar-refractivity contribution in [1.82, 2.24) is 0 Å². The summed E-state index contributed by atoms with van der Waals surface area (Å²) in [7, 11) is 1.53. The number of methoxy groups -OCH3 is 1. The maximum atomic E-state index is 12.4. The van der Waals surface area contributed by atoms with Crippen LogP contribution >= 0.6 is 0 Å². The summed E-state index contributed by atoms with van der Waals surface area (Å²) in [4.78, 5) is 23.8. The second-order valence-corrected chi connectivity index (χ2v) is 4.85. The van der Waals surface area contributed by atoms with Crippen molar-refractivity contribution in [1.29, 1.82) is 0 Å². The number of para-hydroxylation sites is 2. The standard InChI is InChI=1S/C17H14N2O4/c1-22-13-8-4-5-10-9-14(23-15(10)13)17(21)19-12-7-3-2-6-11(12)16(18)20/h2-9H,1H3,(H2,18,20)(H,19,21). The van der Waals surface area contributed by atoms with Gasteiger partial charge in [0.05, 0.1) is 18.4 Å². The van der Waals surface area contributed by atoms with E-state index in [0.29, 0.717) is 17.0 Å². The summed E-state index contributed by atoms with van der Waals surface area (Å²) in [6.07, 6.45) is 0. The van der Waals surface area contributed by atoms with Crippen LogP contribution in [0.5, 0.6) is 5.75 Å². The second kappa shape index (κ2) is 5.84. The molecule has 0 spiro atoms.